The lowest BCUT2D eigenvalue weighted by atomic mass is 9.86. The van der Waals surface area contributed by atoms with Gasteiger partial charge in [-0.3, -0.25) is 0 Å². The number of rotatable bonds is 13. The monoisotopic (exact) mass is 1300 g/mol. The molecule has 20 rings (SSSR count). The Morgan fingerprint density at radius 3 is 0.941 bits per heavy atom. The molecule has 0 bridgehead atoms. The standard InChI is InChI=1S/C100H76N2/c1-59(2)67-32-36-72-55-94-86(47-76(72)42-67)90-51-80(85-46-71(63-20-11-7-12-21-63)40-41-82(85)64-22-13-8-14-23-64)52-91-87-49-78-44-69(34-38-74(78)57-95(87)101(94)99(90)91)61(5)30-31-62(6)70-35-39-75-58-97-89(50-79(75)45-70)93-54-81(98-83(65-24-15-9-16-25-65)28-19-29-84(98)66-26-17-10-18-27-66)53-92-88-48-77-43-68(60(3)4)33-37-73(77)56-96(88)102(97)100(92)93/h7-29,32-62H,30-31H2,1-6H3. The van der Waals surface area contributed by atoms with E-state index in [9.17, 15) is 0 Å². The van der Waals surface area contributed by atoms with Gasteiger partial charge in [0.2, 0.25) is 0 Å². The van der Waals surface area contributed by atoms with Crippen molar-refractivity contribution in [3.63, 3.8) is 0 Å². The molecule has 0 saturated carbocycles. The highest BCUT2D eigenvalue weighted by Gasteiger charge is 2.26. The first kappa shape index (κ1) is 60.1. The number of hydrogen-bond acceptors (Lipinski definition) is 0. The molecule has 0 aliphatic heterocycles. The van der Waals surface area contributed by atoms with Crippen LogP contribution in [0.2, 0.25) is 0 Å². The van der Waals surface area contributed by atoms with Crippen molar-refractivity contribution in [2.45, 2.75) is 78.1 Å². The number of hydrogen-bond donors (Lipinski definition) is 0. The fraction of sp³-hybridized carbons (Fsp3) is 0.120. The minimum absolute atomic E-state index is 0.362. The van der Waals surface area contributed by atoms with Gasteiger partial charge in [0, 0.05) is 43.1 Å². The van der Waals surface area contributed by atoms with E-state index in [-0.39, 0.29) is 0 Å². The molecule has 2 nitrogen and oxygen atoms in total. The van der Waals surface area contributed by atoms with Gasteiger partial charge in [0.05, 0.1) is 33.1 Å². The first-order valence-electron chi connectivity index (χ1n) is 36.8. The largest absolute Gasteiger partial charge is 0.308 e. The van der Waals surface area contributed by atoms with E-state index in [4.69, 9.17) is 0 Å². The average Bonchev–Trinajstić information content (AvgIpc) is 1.54. The molecule has 0 aliphatic rings. The second-order valence-electron chi connectivity index (χ2n) is 30.1. The Morgan fingerprint density at radius 1 is 0.216 bits per heavy atom. The van der Waals surface area contributed by atoms with Gasteiger partial charge in [0.15, 0.2) is 0 Å². The summed E-state index contributed by atoms with van der Waals surface area (Å²) in [4.78, 5) is 0. The lowest BCUT2D eigenvalue weighted by molar-refractivity contribution is 0.574. The maximum atomic E-state index is 2.58. The van der Waals surface area contributed by atoms with Crippen LogP contribution in [0.4, 0.5) is 0 Å². The average molecular weight is 1310 g/mol. The third-order valence-electron chi connectivity index (χ3n) is 23.3. The zero-order chi connectivity index (χ0) is 68.2. The van der Waals surface area contributed by atoms with Crippen LogP contribution >= 0.6 is 0 Å². The van der Waals surface area contributed by atoms with Gasteiger partial charge in [-0.25, -0.2) is 0 Å². The highest BCUT2D eigenvalue weighted by atomic mass is 14.9. The zero-order valence-electron chi connectivity index (χ0n) is 58.5. The van der Waals surface area contributed by atoms with Gasteiger partial charge in [-0.1, -0.05) is 266 Å². The maximum absolute atomic E-state index is 2.58. The van der Waals surface area contributed by atoms with Crippen LogP contribution in [-0.2, 0) is 0 Å². The molecule has 2 unspecified atom stereocenters. The van der Waals surface area contributed by atoms with Crippen LogP contribution in [0.1, 0.15) is 100 Å². The van der Waals surface area contributed by atoms with Crippen LogP contribution < -0.4 is 0 Å². The lowest BCUT2D eigenvalue weighted by Crippen LogP contribution is -1.99. The fourth-order valence-corrected chi connectivity index (χ4v) is 17.6. The summed E-state index contributed by atoms with van der Waals surface area (Å²) in [5.74, 6) is 1.61. The van der Waals surface area contributed by atoms with Gasteiger partial charge in [-0.15, -0.1) is 0 Å². The summed E-state index contributed by atoms with van der Waals surface area (Å²) < 4.78 is 5.17. The summed E-state index contributed by atoms with van der Waals surface area (Å²) in [5.41, 5.74) is 27.9. The molecule has 2 heteroatoms. The summed E-state index contributed by atoms with van der Waals surface area (Å²) in [6, 6.07) is 116. The highest BCUT2D eigenvalue weighted by Crippen LogP contribution is 2.50. The van der Waals surface area contributed by atoms with E-state index in [0.29, 0.717) is 23.7 Å². The minimum Gasteiger partial charge on any atom is -0.308 e. The highest BCUT2D eigenvalue weighted by molar-refractivity contribution is 6.29. The van der Waals surface area contributed by atoms with Gasteiger partial charge < -0.3 is 8.80 Å². The van der Waals surface area contributed by atoms with E-state index < -0.39 is 0 Å². The minimum atomic E-state index is 0.362. The topological polar surface area (TPSA) is 8.82 Å². The molecule has 0 N–H and O–H groups in total. The molecule has 0 amide bonds. The second kappa shape index (κ2) is 23.4. The number of fused-ring (bicyclic) bond motifs is 16. The quantitative estimate of drug-likeness (QED) is 0.109. The normalized spacial score (nSPS) is 13.0. The van der Waals surface area contributed by atoms with Crippen molar-refractivity contribution in [1.82, 2.24) is 8.80 Å². The molecule has 4 heterocycles. The smallest absolute Gasteiger partial charge is 0.0620 e. The van der Waals surface area contributed by atoms with Crippen LogP contribution in [-0.4, -0.2) is 8.80 Å². The molecule has 0 aliphatic carbocycles. The first-order chi connectivity index (χ1) is 50.0. The molecule has 0 spiro atoms. The predicted molar refractivity (Wildman–Crippen MR) is 439 cm³/mol. The zero-order valence-corrected chi connectivity index (χ0v) is 58.5. The third kappa shape index (κ3) is 9.60. The Kier molecular flexibility index (Phi) is 13.8. The summed E-state index contributed by atoms with van der Waals surface area (Å²) in [6.07, 6.45) is 2.16. The third-order valence-corrected chi connectivity index (χ3v) is 23.3. The van der Waals surface area contributed by atoms with Crippen LogP contribution in [0.15, 0.2) is 303 Å². The van der Waals surface area contributed by atoms with Gasteiger partial charge in [0.25, 0.3) is 0 Å². The Hall–Kier alpha value is -11.8. The summed E-state index contributed by atoms with van der Waals surface area (Å²) in [5, 5.41) is 20.6. The number of aromatic nitrogens is 2. The van der Waals surface area contributed by atoms with Gasteiger partial charge in [0.1, 0.15) is 0 Å². The Balaban J connectivity index is 0.679. The summed E-state index contributed by atoms with van der Waals surface area (Å²) in [7, 11) is 0. The molecule has 486 valence electrons. The molecule has 4 aromatic heterocycles. The van der Waals surface area contributed by atoms with E-state index in [1.165, 1.54) is 208 Å². The Morgan fingerprint density at radius 2 is 0.559 bits per heavy atom. The first-order valence-corrected chi connectivity index (χ1v) is 36.8. The molecular weight excluding hydrogens is 1230 g/mol. The maximum Gasteiger partial charge on any atom is 0.0620 e. The molecule has 16 aromatic carbocycles. The van der Waals surface area contributed by atoms with Gasteiger partial charge in [-0.05, 0) is 247 Å². The second-order valence-corrected chi connectivity index (χ2v) is 30.1. The van der Waals surface area contributed by atoms with E-state index >= 15 is 0 Å². The van der Waals surface area contributed by atoms with Crippen molar-refractivity contribution in [3.8, 4) is 66.8 Å². The fourth-order valence-electron chi connectivity index (χ4n) is 17.6. The predicted octanol–water partition coefficient (Wildman–Crippen LogP) is 28.5. The lowest BCUT2D eigenvalue weighted by Gasteiger charge is -2.18. The van der Waals surface area contributed by atoms with Crippen molar-refractivity contribution in [2.75, 3.05) is 0 Å². The molecule has 0 fully saturated rings. The van der Waals surface area contributed by atoms with Crippen molar-refractivity contribution in [1.29, 1.82) is 0 Å². The van der Waals surface area contributed by atoms with E-state index in [1.54, 1.807) is 0 Å². The van der Waals surface area contributed by atoms with Crippen LogP contribution in [0.25, 0.3) is 186 Å². The van der Waals surface area contributed by atoms with Gasteiger partial charge >= 0.3 is 0 Å². The van der Waals surface area contributed by atoms with Crippen molar-refractivity contribution < 1.29 is 0 Å². The van der Waals surface area contributed by atoms with Crippen molar-refractivity contribution in [2.24, 2.45) is 0 Å². The molecule has 0 radical (unpaired) electrons. The molecule has 2 atom stereocenters. The van der Waals surface area contributed by atoms with Crippen LogP contribution in [0.5, 0.6) is 0 Å². The Bertz CT molecular complexity index is 6690. The van der Waals surface area contributed by atoms with Crippen LogP contribution in [0, 0.1) is 0 Å². The van der Waals surface area contributed by atoms with Crippen molar-refractivity contribution in [3.05, 3.63) is 326 Å². The molecule has 20 aromatic rings. The Labute approximate surface area is 594 Å². The summed E-state index contributed by atoms with van der Waals surface area (Å²) >= 11 is 0. The molecular formula is C100H76N2. The number of nitrogens with zero attached hydrogens (tertiary/aromatic N) is 2. The van der Waals surface area contributed by atoms with E-state index in [1.807, 2.05) is 0 Å². The number of benzene rings is 16. The molecule has 102 heavy (non-hydrogen) atoms. The molecule has 0 saturated heterocycles. The van der Waals surface area contributed by atoms with Crippen LogP contribution in [0.3, 0.4) is 0 Å². The van der Waals surface area contributed by atoms with Crippen molar-refractivity contribution >= 4 is 119 Å². The SMILES string of the molecule is CC(C)c1ccc2cc3c(cc2c1)c1cc(-c2cc(-c4ccccc4)ccc2-c2ccccc2)cc2c4cc5cc(C(C)CCC(C)c6ccc7cc8c(cc7c6)c6cc(-c7c(-c9ccccc9)cccc7-c7ccccc7)cc7c9cc%10cc(C(C)C)ccc%10cc9n8c76)ccc5cc4n3c12. The van der Waals surface area contributed by atoms with E-state index in [0.717, 1.165) is 12.8 Å². The van der Waals surface area contributed by atoms with E-state index in [2.05, 4.69) is 354 Å². The van der Waals surface area contributed by atoms with Gasteiger partial charge in [-0.2, -0.15) is 0 Å². The summed E-state index contributed by atoms with van der Waals surface area (Å²) in [6.45, 7) is 14.1.